The molecule has 120 valence electrons. The highest BCUT2D eigenvalue weighted by atomic mass is 35.5. The van der Waals surface area contributed by atoms with Gasteiger partial charge in [0.15, 0.2) is 0 Å². The van der Waals surface area contributed by atoms with Crippen molar-refractivity contribution in [2.75, 3.05) is 0 Å². The summed E-state index contributed by atoms with van der Waals surface area (Å²) in [5, 5.41) is 4.78. The zero-order valence-corrected chi connectivity index (χ0v) is 14.1. The summed E-state index contributed by atoms with van der Waals surface area (Å²) in [6, 6.07) is 8.88. The first-order chi connectivity index (χ1) is 11.6. The number of hydrogen-bond donors (Lipinski definition) is 0. The Labute approximate surface area is 144 Å². The molecule has 0 unspecified atom stereocenters. The van der Waals surface area contributed by atoms with Gasteiger partial charge < -0.3 is 4.57 Å². The highest BCUT2D eigenvalue weighted by Gasteiger charge is 2.06. The minimum atomic E-state index is -0.144. The lowest BCUT2D eigenvalue weighted by Crippen LogP contribution is -2.21. The SMILES string of the molecule is CCn1ncc(-n2cc(C#Cc3cccc(Cl)c3)nc2C)cc1=O. The molecule has 0 amide bonds. The van der Waals surface area contributed by atoms with E-state index in [-0.39, 0.29) is 5.56 Å². The van der Waals surface area contributed by atoms with Crippen molar-refractivity contribution in [3.8, 4) is 17.5 Å². The molecule has 0 spiro atoms. The van der Waals surface area contributed by atoms with Gasteiger partial charge in [-0.1, -0.05) is 23.6 Å². The number of rotatable bonds is 2. The Hall–Kier alpha value is -2.84. The molecule has 0 bridgehead atoms. The van der Waals surface area contributed by atoms with E-state index in [0.717, 1.165) is 11.4 Å². The summed E-state index contributed by atoms with van der Waals surface area (Å²) >= 11 is 5.95. The van der Waals surface area contributed by atoms with E-state index in [1.807, 2.05) is 26.0 Å². The fourth-order valence-electron chi connectivity index (χ4n) is 2.29. The predicted molar refractivity (Wildman–Crippen MR) is 93.5 cm³/mol. The first-order valence-corrected chi connectivity index (χ1v) is 7.85. The molecule has 24 heavy (non-hydrogen) atoms. The van der Waals surface area contributed by atoms with Crippen LogP contribution in [-0.4, -0.2) is 19.3 Å². The topological polar surface area (TPSA) is 52.7 Å². The molecule has 0 saturated carbocycles. The second-order valence-corrected chi connectivity index (χ2v) is 5.61. The molecular formula is C18H15ClN4O. The summed E-state index contributed by atoms with van der Waals surface area (Å²) in [4.78, 5) is 16.3. The largest absolute Gasteiger partial charge is 0.301 e. The van der Waals surface area contributed by atoms with Crippen molar-refractivity contribution in [3.63, 3.8) is 0 Å². The summed E-state index contributed by atoms with van der Waals surface area (Å²) in [7, 11) is 0. The molecular weight excluding hydrogens is 324 g/mol. The average molecular weight is 339 g/mol. The van der Waals surface area contributed by atoms with E-state index < -0.39 is 0 Å². The van der Waals surface area contributed by atoms with Gasteiger partial charge in [-0.05, 0) is 38.0 Å². The average Bonchev–Trinajstić information content (AvgIpc) is 2.94. The minimum Gasteiger partial charge on any atom is -0.301 e. The van der Waals surface area contributed by atoms with Crippen molar-refractivity contribution >= 4 is 11.6 Å². The highest BCUT2D eigenvalue weighted by molar-refractivity contribution is 6.30. The van der Waals surface area contributed by atoms with Crippen molar-refractivity contribution in [2.45, 2.75) is 20.4 Å². The van der Waals surface area contributed by atoms with Gasteiger partial charge in [0, 0.05) is 29.4 Å². The van der Waals surface area contributed by atoms with Crippen LogP contribution in [0.5, 0.6) is 0 Å². The molecule has 0 atom stereocenters. The van der Waals surface area contributed by atoms with E-state index in [1.165, 1.54) is 4.68 Å². The smallest absolute Gasteiger partial charge is 0.268 e. The maximum atomic E-state index is 11.9. The molecule has 0 radical (unpaired) electrons. The van der Waals surface area contributed by atoms with Gasteiger partial charge in [-0.3, -0.25) is 4.79 Å². The third-order valence-corrected chi connectivity index (χ3v) is 3.71. The zero-order valence-electron chi connectivity index (χ0n) is 13.3. The van der Waals surface area contributed by atoms with E-state index in [2.05, 4.69) is 21.9 Å². The maximum Gasteiger partial charge on any atom is 0.268 e. The van der Waals surface area contributed by atoms with Crippen LogP contribution in [0, 0.1) is 18.8 Å². The molecule has 0 saturated heterocycles. The van der Waals surface area contributed by atoms with Gasteiger partial charge >= 0.3 is 0 Å². The third-order valence-electron chi connectivity index (χ3n) is 3.47. The van der Waals surface area contributed by atoms with E-state index in [9.17, 15) is 4.79 Å². The lowest BCUT2D eigenvalue weighted by molar-refractivity contribution is 0.612. The Balaban J connectivity index is 1.94. The van der Waals surface area contributed by atoms with Crippen LogP contribution in [0.25, 0.3) is 5.69 Å². The minimum absolute atomic E-state index is 0.144. The number of aryl methyl sites for hydroxylation is 2. The number of nitrogens with zero attached hydrogens (tertiary/aromatic N) is 4. The van der Waals surface area contributed by atoms with Crippen LogP contribution >= 0.6 is 11.6 Å². The quantitative estimate of drug-likeness (QED) is 0.675. The third kappa shape index (κ3) is 3.39. The Kier molecular flexibility index (Phi) is 4.50. The predicted octanol–water partition coefficient (Wildman–Crippen LogP) is 2.81. The number of imidazole rings is 1. The van der Waals surface area contributed by atoms with Crippen molar-refractivity contribution in [3.05, 3.63) is 75.2 Å². The number of halogens is 1. The number of benzene rings is 1. The molecule has 0 aliphatic heterocycles. The van der Waals surface area contributed by atoms with Crippen molar-refractivity contribution < 1.29 is 0 Å². The van der Waals surface area contributed by atoms with Crippen molar-refractivity contribution in [2.24, 2.45) is 0 Å². The van der Waals surface area contributed by atoms with Crippen LogP contribution in [0.15, 0.2) is 47.5 Å². The summed E-state index contributed by atoms with van der Waals surface area (Å²) in [5.74, 6) is 6.78. The van der Waals surface area contributed by atoms with Gasteiger partial charge in [-0.25, -0.2) is 9.67 Å². The first-order valence-electron chi connectivity index (χ1n) is 7.48. The number of hydrogen-bond acceptors (Lipinski definition) is 3. The van der Waals surface area contributed by atoms with Crippen molar-refractivity contribution in [1.29, 1.82) is 0 Å². The van der Waals surface area contributed by atoms with Crippen LogP contribution in [-0.2, 0) is 6.54 Å². The molecule has 2 heterocycles. The van der Waals surface area contributed by atoms with Gasteiger partial charge in [-0.15, -0.1) is 0 Å². The monoisotopic (exact) mass is 338 g/mol. The molecule has 2 aromatic heterocycles. The fraction of sp³-hybridized carbons (Fsp3) is 0.167. The molecule has 0 aliphatic rings. The molecule has 3 aromatic rings. The molecule has 0 fully saturated rings. The summed E-state index contributed by atoms with van der Waals surface area (Å²) in [6.07, 6.45) is 3.44. The molecule has 6 heteroatoms. The molecule has 0 aliphatic carbocycles. The Morgan fingerprint density at radius 1 is 1.25 bits per heavy atom. The van der Waals surface area contributed by atoms with Gasteiger partial charge in [-0.2, -0.15) is 5.10 Å². The van der Waals surface area contributed by atoms with Crippen LogP contribution < -0.4 is 5.56 Å². The van der Waals surface area contributed by atoms with E-state index in [4.69, 9.17) is 11.6 Å². The lowest BCUT2D eigenvalue weighted by atomic mass is 10.2. The van der Waals surface area contributed by atoms with Gasteiger partial charge in [0.2, 0.25) is 0 Å². The second-order valence-electron chi connectivity index (χ2n) is 5.17. The van der Waals surface area contributed by atoms with E-state index >= 15 is 0 Å². The first kappa shape index (κ1) is 16.0. The second kappa shape index (κ2) is 6.73. The van der Waals surface area contributed by atoms with Gasteiger partial charge in [0.25, 0.3) is 5.56 Å². The van der Waals surface area contributed by atoms with Crippen LogP contribution in [0.4, 0.5) is 0 Å². The standard InChI is InChI=1S/C18H15ClN4O/c1-3-23-18(24)10-17(11-20-23)22-12-16(21-13(22)2)8-7-14-5-4-6-15(19)9-14/h4-6,9-12H,3H2,1-2H3. The highest BCUT2D eigenvalue weighted by Crippen LogP contribution is 2.11. The van der Waals surface area contributed by atoms with E-state index in [1.54, 1.807) is 35.2 Å². The molecule has 0 N–H and O–H groups in total. The zero-order chi connectivity index (χ0) is 17.1. The molecule has 3 rings (SSSR count). The molecule has 1 aromatic carbocycles. The van der Waals surface area contributed by atoms with Gasteiger partial charge in [0.1, 0.15) is 11.5 Å². The summed E-state index contributed by atoms with van der Waals surface area (Å²) < 4.78 is 3.20. The normalized spacial score (nSPS) is 10.3. The van der Waals surface area contributed by atoms with Crippen molar-refractivity contribution in [1.82, 2.24) is 19.3 Å². The van der Waals surface area contributed by atoms with Crippen LogP contribution in [0.1, 0.15) is 24.0 Å². The summed E-state index contributed by atoms with van der Waals surface area (Å²) in [6.45, 7) is 4.27. The van der Waals surface area contributed by atoms with E-state index in [0.29, 0.717) is 22.9 Å². The summed E-state index contributed by atoms with van der Waals surface area (Å²) in [5.41, 5.74) is 1.97. The fourth-order valence-corrected chi connectivity index (χ4v) is 2.48. The maximum absolute atomic E-state index is 11.9. The lowest BCUT2D eigenvalue weighted by Gasteiger charge is -2.05. The van der Waals surface area contributed by atoms with Crippen LogP contribution in [0.2, 0.25) is 5.02 Å². The Bertz CT molecular complexity index is 1010. The Morgan fingerprint density at radius 2 is 2.08 bits per heavy atom. The Morgan fingerprint density at radius 3 is 2.79 bits per heavy atom. The van der Waals surface area contributed by atoms with Crippen LogP contribution in [0.3, 0.4) is 0 Å². The van der Waals surface area contributed by atoms with Gasteiger partial charge in [0.05, 0.1) is 11.9 Å². The molecule has 5 nitrogen and oxygen atoms in total. The number of aromatic nitrogens is 4.